The van der Waals surface area contributed by atoms with Gasteiger partial charge in [0.1, 0.15) is 0 Å². The van der Waals surface area contributed by atoms with Gasteiger partial charge in [0.05, 0.1) is 5.56 Å². The van der Waals surface area contributed by atoms with Crippen molar-refractivity contribution in [3.8, 4) is 0 Å². The van der Waals surface area contributed by atoms with Gasteiger partial charge in [0.2, 0.25) is 5.91 Å². The van der Waals surface area contributed by atoms with Gasteiger partial charge in [-0.1, -0.05) is 30.9 Å². The monoisotopic (exact) mass is 295 g/mol. The molecule has 1 amide bonds. The van der Waals surface area contributed by atoms with E-state index in [0.29, 0.717) is 18.7 Å². The van der Waals surface area contributed by atoms with E-state index in [2.05, 4.69) is 6.58 Å². The third-order valence-corrected chi connectivity index (χ3v) is 3.49. The summed E-state index contributed by atoms with van der Waals surface area (Å²) in [5.41, 5.74) is -0.141. The Bertz CT molecular complexity index is 563. The van der Waals surface area contributed by atoms with Crippen molar-refractivity contribution >= 4 is 12.0 Å². The molecule has 0 bridgehead atoms. The van der Waals surface area contributed by atoms with Gasteiger partial charge in [-0.05, 0) is 36.1 Å². The number of rotatable bonds is 3. The van der Waals surface area contributed by atoms with E-state index in [1.807, 2.05) is 6.08 Å². The lowest BCUT2D eigenvalue weighted by molar-refractivity contribution is -0.137. The Morgan fingerprint density at radius 3 is 2.81 bits per heavy atom. The van der Waals surface area contributed by atoms with Crippen LogP contribution in [0, 0.1) is 5.92 Å². The van der Waals surface area contributed by atoms with Crippen LogP contribution in [0.25, 0.3) is 6.08 Å². The Labute approximate surface area is 121 Å². The normalized spacial score (nSPS) is 19.2. The molecule has 2 rings (SSSR count). The van der Waals surface area contributed by atoms with Crippen LogP contribution in [0.1, 0.15) is 17.5 Å². The summed E-state index contributed by atoms with van der Waals surface area (Å²) < 4.78 is 37.8. The van der Waals surface area contributed by atoms with Crippen LogP contribution in [0.3, 0.4) is 0 Å². The number of amides is 1. The van der Waals surface area contributed by atoms with Gasteiger partial charge in [0, 0.05) is 13.1 Å². The lowest BCUT2D eigenvalue weighted by Crippen LogP contribution is -2.26. The Morgan fingerprint density at radius 2 is 2.14 bits per heavy atom. The predicted octanol–water partition coefficient (Wildman–Crippen LogP) is 3.75. The summed E-state index contributed by atoms with van der Waals surface area (Å²) in [5, 5.41) is 0. The minimum atomic E-state index is -4.33. The summed E-state index contributed by atoms with van der Waals surface area (Å²) >= 11 is 0. The van der Waals surface area contributed by atoms with Crippen LogP contribution in [0.2, 0.25) is 0 Å². The highest BCUT2D eigenvalue weighted by atomic mass is 19.4. The fourth-order valence-corrected chi connectivity index (χ4v) is 2.34. The molecule has 1 aromatic carbocycles. The first kappa shape index (κ1) is 15.4. The van der Waals surface area contributed by atoms with Gasteiger partial charge >= 0.3 is 6.18 Å². The zero-order chi connectivity index (χ0) is 15.5. The molecule has 1 saturated heterocycles. The lowest BCUT2D eigenvalue weighted by Gasteiger charge is -2.12. The Hall–Kier alpha value is -2.04. The maximum atomic E-state index is 12.6. The SMILES string of the molecule is C=CC(=O)N1CC[C@H](/C=C/c2cccc(C(F)(F)F)c2)C1. The van der Waals surface area contributed by atoms with Crippen molar-refractivity contribution < 1.29 is 18.0 Å². The number of likely N-dealkylation sites (tertiary alicyclic amines) is 1. The van der Waals surface area contributed by atoms with E-state index in [1.165, 1.54) is 12.1 Å². The number of hydrogen-bond donors (Lipinski definition) is 0. The van der Waals surface area contributed by atoms with E-state index < -0.39 is 11.7 Å². The maximum Gasteiger partial charge on any atom is 0.416 e. The Morgan fingerprint density at radius 1 is 1.38 bits per heavy atom. The van der Waals surface area contributed by atoms with Crippen LogP contribution in [0.4, 0.5) is 13.2 Å². The standard InChI is InChI=1S/C16H16F3NO/c1-2-15(21)20-9-8-13(11-20)7-6-12-4-3-5-14(10-12)16(17,18)19/h2-7,10,13H,1,8-9,11H2/b7-6+/t13-/m0/s1. The molecule has 0 aromatic heterocycles. The van der Waals surface area contributed by atoms with Gasteiger partial charge in [-0.25, -0.2) is 0 Å². The lowest BCUT2D eigenvalue weighted by atomic mass is 10.1. The van der Waals surface area contributed by atoms with Crippen LogP contribution in [0.15, 0.2) is 43.0 Å². The molecule has 1 fully saturated rings. The van der Waals surface area contributed by atoms with Crippen molar-refractivity contribution in [2.45, 2.75) is 12.6 Å². The van der Waals surface area contributed by atoms with Crippen molar-refractivity contribution in [3.05, 3.63) is 54.1 Å². The Balaban J connectivity index is 2.02. The van der Waals surface area contributed by atoms with Crippen molar-refractivity contribution in [2.24, 2.45) is 5.92 Å². The fourth-order valence-electron chi connectivity index (χ4n) is 2.34. The van der Waals surface area contributed by atoms with E-state index in [1.54, 1.807) is 17.0 Å². The molecular formula is C16H16F3NO. The number of carbonyl (C=O) groups is 1. The van der Waals surface area contributed by atoms with Gasteiger partial charge in [0.25, 0.3) is 0 Å². The molecule has 21 heavy (non-hydrogen) atoms. The largest absolute Gasteiger partial charge is 0.416 e. The molecule has 2 nitrogen and oxygen atoms in total. The number of hydrogen-bond acceptors (Lipinski definition) is 1. The number of carbonyl (C=O) groups excluding carboxylic acids is 1. The highest BCUT2D eigenvalue weighted by molar-refractivity contribution is 5.87. The first-order chi connectivity index (χ1) is 9.90. The van der Waals surface area contributed by atoms with Gasteiger partial charge in [-0.15, -0.1) is 0 Å². The molecule has 1 aromatic rings. The molecule has 0 radical (unpaired) electrons. The van der Waals surface area contributed by atoms with E-state index in [9.17, 15) is 18.0 Å². The second-order valence-electron chi connectivity index (χ2n) is 5.02. The molecule has 1 aliphatic heterocycles. The van der Waals surface area contributed by atoms with Crippen molar-refractivity contribution in [1.29, 1.82) is 0 Å². The predicted molar refractivity (Wildman–Crippen MR) is 75.4 cm³/mol. The van der Waals surface area contributed by atoms with Crippen molar-refractivity contribution in [1.82, 2.24) is 4.90 Å². The summed E-state index contributed by atoms with van der Waals surface area (Å²) in [6, 6.07) is 5.20. The minimum absolute atomic E-state index is 0.107. The number of alkyl halides is 3. The summed E-state index contributed by atoms with van der Waals surface area (Å²) in [5.74, 6) is 0.0633. The number of nitrogens with zero attached hydrogens (tertiary/aromatic N) is 1. The highest BCUT2D eigenvalue weighted by Gasteiger charge is 2.30. The van der Waals surface area contributed by atoms with E-state index in [0.717, 1.165) is 18.6 Å². The first-order valence-corrected chi connectivity index (χ1v) is 6.67. The average Bonchev–Trinajstić information content (AvgIpc) is 2.92. The first-order valence-electron chi connectivity index (χ1n) is 6.67. The highest BCUT2D eigenvalue weighted by Crippen LogP contribution is 2.30. The quantitative estimate of drug-likeness (QED) is 0.778. The van der Waals surface area contributed by atoms with Gasteiger partial charge in [-0.3, -0.25) is 4.79 Å². The topological polar surface area (TPSA) is 20.3 Å². The van der Waals surface area contributed by atoms with Crippen LogP contribution >= 0.6 is 0 Å². The van der Waals surface area contributed by atoms with Crippen LogP contribution in [-0.2, 0) is 11.0 Å². The fraction of sp³-hybridized carbons (Fsp3) is 0.312. The molecular weight excluding hydrogens is 279 g/mol. The minimum Gasteiger partial charge on any atom is -0.339 e. The zero-order valence-corrected chi connectivity index (χ0v) is 11.4. The van der Waals surface area contributed by atoms with E-state index >= 15 is 0 Å². The number of benzene rings is 1. The maximum absolute atomic E-state index is 12.6. The summed E-state index contributed by atoms with van der Waals surface area (Å²) in [4.78, 5) is 13.1. The molecule has 112 valence electrons. The smallest absolute Gasteiger partial charge is 0.339 e. The average molecular weight is 295 g/mol. The third kappa shape index (κ3) is 3.97. The van der Waals surface area contributed by atoms with Gasteiger partial charge < -0.3 is 4.90 Å². The summed E-state index contributed by atoms with van der Waals surface area (Å²) in [7, 11) is 0. The molecule has 0 aliphatic carbocycles. The summed E-state index contributed by atoms with van der Waals surface area (Å²) in [6.45, 7) is 4.68. The molecule has 1 atom stereocenters. The molecule has 1 heterocycles. The van der Waals surface area contributed by atoms with Gasteiger partial charge in [0.15, 0.2) is 0 Å². The van der Waals surface area contributed by atoms with E-state index in [4.69, 9.17) is 0 Å². The third-order valence-electron chi connectivity index (χ3n) is 3.49. The van der Waals surface area contributed by atoms with Crippen LogP contribution in [0.5, 0.6) is 0 Å². The molecule has 0 N–H and O–H groups in total. The Kier molecular flexibility index (Phi) is 4.50. The second-order valence-corrected chi connectivity index (χ2v) is 5.02. The molecule has 5 heteroatoms. The van der Waals surface area contributed by atoms with E-state index in [-0.39, 0.29) is 11.8 Å². The molecule has 1 aliphatic rings. The second kappa shape index (κ2) is 6.16. The van der Waals surface area contributed by atoms with Crippen molar-refractivity contribution in [2.75, 3.05) is 13.1 Å². The van der Waals surface area contributed by atoms with Crippen LogP contribution in [-0.4, -0.2) is 23.9 Å². The zero-order valence-electron chi connectivity index (χ0n) is 11.4. The van der Waals surface area contributed by atoms with Crippen LogP contribution < -0.4 is 0 Å². The van der Waals surface area contributed by atoms with Crippen molar-refractivity contribution in [3.63, 3.8) is 0 Å². The molecule has 0 unspecified atom stereocenters. The number of halogens is 3. The molecule has 0 spiro atoms. The molecule has 0 saturated carbocycles. The van der Waals surface area contributed by atoms with Gasteiger partial charge in [-0.2, -0.15) is 13.2 Å². The summed E-state index contributed by atoms with van der Waals surface area (Å²) in [6.07, 6.45) is 1.31.